The smallest absolute Gasteiger partial charge is 0.126 e. The molecule has 0 heterocycles. The van der Waals surface area contributed by atoms with E-state index in [1.165, 1.54) is 27.6 Å². The predicted octanol–water partition coefficient (Wildman–Crippen LogP) is 6.39. The molecule has 0 aromatic heterocycles. The summed E-state index contributed by atoms with van der Waals surface area (Å²) in [6, 6.07) is 23.3. The van der Waals surface area contributed by atoms with Crippen molar-refractivity contribution in [3.63, 3.8) is 0 Å². The minimum absolute atomic E-state index is 0.0166. The van der Waals surface area contributed by atoms with Gasteiger partial charge in [-0.3, -0.25) is 0 Å². The van der Waals surface area contributed by atoms with E-state index in [2.05, 4.69) is 88.4 Å². The van der Waals surface area contributed by atoms with E-state index in [1.54, 1.807) is 0 Å². The molecule has 0 aliphatic heterocycles. The molecule has 1 N–H and O–H groups in total. The van der Waals surface area contributed by atoms with Crippen molar-refractivity contribution in [2.75, 3.05) is 0 Å². The maximum absolute atomic E-state index is 9.94. The average molecular weight is 421 g/mol. The first-order valence-corrected chi connectivity index (χ1v) is 11.8. The number of aliphatic hydroxyl groups is 1. The molecule has 3 aromatic rings. The Labute approximate surface area is 183 Å². The molecule has 0 aliphatic rings. The lowest BCUT2D eigenvalue weighted by molar-refractivity contribution is 0.283. The summed E-state index contributed by atoms with van der Waals surface area (Å²) in [4.78, 5) is 0. The number of aryl methyl sites for hydroxylation is 2. The van der Waals surface area contributed by atoms with Gasteiger partial charge in [0.1, 0.15) is 12.4 Å². The number of ether oxygens (including phenoxy) is 1. The second kappa shape index (κ2) is 10.2. The number of para-hydroxylation sites is 1. The summed E-state index contributed by atoms with van der Waals surface area (Å²) < 4.78 is 6.43. The molecule has 3 rings (SSSR count). The number of hydrogen-bond acceptors (Lipinski definition) is 2. The Kier molecular flexibility index (Phi) is 7.69. The summed E-state index contributed by atoms with van der Waals surface area (Å²) in [5.74, 6) is 1.01. The number of aliphatic hydroxyl groups excluding tert-OH is 1. The molecule has 0 aliphatic carbocycles. The Bertz CT molecular complexity index is 962. The fraction of sp³-hybridized carbons (Fsp3) is 0.333. The largest absolute Gasteiger partial charge is 0.488 e. The van der Waals surface area contributed by atoms with Crippen LogP contribution < -0.4 is 10.0 Å². The van der Waals surface area contributed by atoms with E-state index in [9.17, 15) is 5.11 Å². The monoisotopic (exact) mass is 420 g/mol. The quantitative estimate of drug-likeness (QED) is 0.406. The Morgan fingerprint density at radius 1 is 0.900 bits per heavy atom. The molecule has 0 radical (unpaired) electrons. The van der Waals surface area contributed by atoms with E-state index in [1.807, 2.05) is 6.07 Å². The van der Waals surface area contributed by atoms with Gasteiger partial charge in [-0.05, 0) is 48.7 Å². The van der Waals surface area contributed by atoms with E-state index >= 15 is 0 Å². The van der Waals surface area contributed by atoms with Gasteiger partial charge in [0.15, 0.2) is 0 Å². The van der Waals surface area contributed by atoms with Crippen LogP contribution in [0.25, 0.3) is 0 Å². The lowest BCUT2D eigenvalue weighted by Gasteiger charge is -2.35. The minimum Gasteiger partial charge on any atom is -0.488 e. The van der Waals surface area contributed by atoms with E-state index in [4.69, 9.17) is 4.74 Å². The van der Waals surface area contributed by atoms with Crippen molar-refractivity contribution < 1.29 is 9.84 Å². The standard InChI is InChI=1S/C27H33O2P/c1-5-27(6-2,30-25-16-15-20(3)17-23(25)18-28)24-14-10-11-21(4)26(24)29-19-22-12-8-7-9-13-22/h7-17,28,30H,5-6,18-19H2,1-4H3. The van der Waals surface area contributed by atoms with Gasteiger partial charge in [-0.1, -0.05) is 94.7 Å². The first kappa shape index (κ1) is 22.5. The van der Waals surface area contributed by atoms with Crippen LogP contribution >= 0.6 is 8.58 Å². The highest BCUT2D eigenvalue weighted by Crippen LogP contribution is 2.51. The second-order valence-corrected chi connectivity index (χ2v) is 9.70. The Morgan fingerprint density at radius 3 is 2.30 bits per heavy atom. The first-order chi connectivity index (χ1) is 14.5. The number of hydrogen-bond donors (Lipinski definition) is 1. The van der Waals surface area contributed by atoms with Crippen LogP contribution in [0.1, 0.15) is 54.5 Å². The molecule has 0 bridgehead atoms. The van der Waals surface area contributed by atoms with Gasteiger partial charge < -0.3 is 9.84 Å². The minimum atomic E-state index is -0.0166. The zero-order valence-electron chi connectivity index (χ0n) is 18.5. The first-order valence-electron chi connectivity index (χ1n) is 10.8. The lowest BCUT2D eigenvalue weighted by Crippen LogP contribution is -2.24. The molecule has 0 spiro atoms. The normalized spacial score (nSPS) is 11.9. The van der Waals surface area contributed by atoms with Gasteiger partial charge in [-0.2, -0.15) is 0 Å². The van der Waals surface area contributed by atoms with Crippen molar-refractivity contribution in [1.29, 1.82) is 0 Å². The number of benzene rings is 3. The molecule has 0 fully saturated rings. The molecule has 158 valence electrons. The molecule has 0 amide bonds. The molecule has 2 nitrogen and oxygen atoms in total. The van der Waals surface area contributed by atoms with Gasteiger partial charge in [-0.25, -0.2) is 0 Å². The predicted molar refractivity (Wildman–Crippen MR) is 129 cm³/mol. The highest BCUT2D eigenvalue weighted by atomic mass is 31.1. The SMILES string of the molecule is CCC(CC)(Pc1ccc(C)cc1CO)c1cccc(C)c1OCc1ccccc1. The van der Waals surface area contributed by atoms with E-state index in [0.717, 1.165) is 24.2 Å². The molecule has 0 saturated carbocycles. The van der Waals surface area contributed by atoms with Crippen LogP contribution in [-0.4, -0.2) is 5.11 Å². The highest BCUT2D eigenvalue weighted by Gasteiger charge is 2.33. The summed E-state index contributed by atoms with van der Waals surface area (Å²) in [5.41, 5.74) is 5.86. The van der Waals surface area contributed by atoms with Crippen LogP contribution in [0.5, 0.6) is 5.75 Å². The molecule has 0 saturated heterocycles. The summed E-state index contributed by atoms with van der Waals surface area (Å²) >= 11 is 0. The van der Waals surface area contributed by atoms with Crippen LogP contribution in [0.3, 0.4) is 0 Å². The molecular weight excluding hydrogens is 387 g/mol. The Hall–Kier alpha value is -2.15. The lowest BCUT2D eigenvalue weighted by atomic mass is 9.90. The van der Waals surface area contributed by atoms with Crippen LogP contribution in [0, 0.1) is 13.8 Å². The fourth-order valence-corrected chi connectivity index (χ4v) is 5.74. The Balaban J connectivity index is 2.00. The molecule has 3 heteroatoms. The third-order valence-corrected chi connectivity index (χ3v) is 8.18. The summed E-state index contributed by atoms with van der Waals surface area (Å²) in [6.45, 7) is 9.40. The summed E-state index contributed by atoms with van der Waals surface area (Å²) in [7, 11) is 0.569. The van der Waals surface area contributed by atoms with Gasteiger partial charge in [0.05, 0.1) is 6.61 Å². The van der Waals surface area contributed by atoms with Gasteiger partial charge in [0.2, 0.25) is 0 Å². The average Bonchev–Trinajstić information content (AvgIpc) is 2.78. The van der Waals surface area contributed by atoms with Crippen LogP contribution in [0.15, 0.2) is 66.7 Å². The maximum Gasteiger partial charge on any atom is 0.126 e. The summed E-state index contributed by atoms with van der Waals surface area (Å²) in [5, 5.41) is 11.2. The van der Waals surface area contributed by atoms with E-state index in [0.29, 0.717) is 15.2 Å². The van der Waals surface area contributed by atoms with Gasteiger partial charge in [0.25, 0.3) is 0 Å². The second-order valence-electron chi connectivity index (χ2n) is 7.96. The van der Waals surface area contributed by atoms with E-state index < -0.39 is 0 Å². The van der Waals surface area contributed by atoms with Gasteiger partial charge in [0, 0.05) is 10.7 Å². The van der Waals surface area contributed by atoms with Crippen LogP contribution in [0.2, 0.25) is 0 Å². The Morgan fingerprint density at radius 2 is 1.63 bits per heavy atom. The highest BCUT2D eigenvalue weighted by molar-refractivity contribution is 7.48. The summed E-state index contributed by atoms with van der Waals surface area (Å²) in [6.07, 6.45) is 2.04. The maximum atomic E-state index is 9.94. The van der Waals surface area contributed by atoms with Gasteiger partial charge in [-0.15, -0.1) is 0 Å². The molecular formula is C27H33O2P. The van der Waals surface area contributed by atoms with Crippen molar-refractivity contribution in [3.05, 3.63) is 94.5 Å². The van der Waals surface area contributed by atoms with Crippen molar-refractivity contribution in [3.8, 4) is 5.75 Å². The topological polar surface area (TPSA) is 29.5 Å². The van der Waals surface area contributed by atoms with Crippen molar-refractivity contribution in [2.24, 2.45) is 0 Å². The molecule has 1 atom stereocenters. The third-order valence-electron chi connectivity index (χ3n) is 5.97. The van der Waals surface area contributed by atoms with Crippen molar-refractivity contribution >= 4 is 13.9 Å². The van der Waals surface area contributed by atoms with Crippen LogP contribution in [0.4, 0.5) is 0 Å². The molecule has 30 heavy (non-hydrogen) atoms. The van der Waals surface area contributed by atoms with Crippen LogP contribution in [-0.2, 0) is 18.4 Å². The fourth-order valence-electron chi connectivity index (χ4n) is 4.06. The zero-order valence-corrected chi connectivity index (χ0v) is 19.5. The molecule has 1 unspecified atom stereocenters. The van der Waals surface area contributed by atoms with E-state index in [-0.39, 0.29) is 11.8 Å². The number of rotatable bonds is 9. The third kappa shape index (κ3) is 4.94. The molecule has 3 aromatic carbocycles. The van der Waals surface area contributed by atoms with Crippen molar-refractivity contribution in [2.45, 2.75) is 58.9 Å². The zero-order chi connectivity index (χ0) is 21.6. The van der Waals surface area contributed by atoms with Crippen molar-refractivity contribution in [1.82, 2.24) is 0 Å². The van der Waals surface area contributed by atoms with Gasteiger partial charge >= 0.3 is 0 Å².